The van der Waals surface area contributed by atoms with Gasteiger partial charge in [-0.05, 0) is 45.2 Å². The van der Waals surface area contributed by atoms with Crippen molar-refractivity contribution >= 4 is 5.91 Å². The predicted molar refractivity (Wildman–Crippen MR) is 79.9 cm³/mol. The van der Waals surface area contributed by atoms with Gasteiger partial charge < -0.3 is 15.3 Å². The van der Waals surface area contributed by atoms with Crippen molar-refractivity contribution in [2.45, 2.75) is 52.1 Å². The molecule has 1 unspecified atom stereocenters. The minimum atomic E-state index is -0.641. The Kier molecular flexibility index (Phi) is 4.60. The first kappa shape index (κ1) is 16.3. The van der Waals surface area contributed by atoms with Crippen LogP contribution in [0.5, 0.6) is 0 Å². The third-order valence-corrected chi connectivity index (χ3v) is 4.20. The first-order valence-electron chi connectivity index (χ1n) is 7.56. The number of rotatable bonds is 7. The third kappa shape index (κ3) is 4.18. The van der Waals surface area contributed by atoms with Crippen LogP contribution in [0, 0.1) is 11.3 Å². The lowest BCUT2D eigenvalue weighted by Gasteiger charge is -2.26. The maximum absolute atomic E-state index is 12.3. The van der Waals surface area contributed by atoms with Crippen LogP contribution in [0.1, 0.15) is 40.5 Å². The highest BCUT2D eigenvalue weighted by Gasteiger charge is 2.35. The minimum Gasteiger partial charge on any atom is -0.396 e. The lowest BCUT2D eigenvalue weighted by Crippen LogP contribution is -2.53. The van der Waals surface area contributed by atoms with Gasteiger partial charge in [-0.1, -0.05) is 13.8 Å². The van der Waals surface area contributed by atoms with E-state index in [0.717, 1.165) is 12.5 Å². The molecule has 120 valence electrons. The Bertz CT molecular complexity index is 428. The molecule has 0 aromatic carbocycles. The topological polar surface area (TPSA) is 82.6 Å². The lowest BCUT2D eigenvalue weighted by atomic mass is 9.86. The average molecular weight is 297 g/mol. The number of hydrogen-bond donors (Lipinski definition) is 4. The molecular weight excluding hydrogens is 270 g/mol. The van der Waals surface area contributed by atoms with Crippen molar-refractivity contribution in [3.8, 4) is 0 Å². The zero-order valence-corrected chi connectivity index (χ0v) is 13.3. The van der Waals surface area contributed by atoms with Gasteiger partial charge in [-0.15, -0.1) is 5.48 Å². The molecule has 0 aromatic rings. The van der Waals surface area contributed by atoms with E-state index in [0.29, 0.717) is 5.88 Å². The molecule has 0 aromatic heterocycles. The molecule has 1 aliphatic carbocycles. The molecule has 0 saturated heterocycles. The van der Waals surface area contributed by atoms with Crippen molar-refractivity contribution in [2.24, 2.45) is 11.3 Å². The zero-order chi connectivity index (χ0) is 15.7. The molecule has 0 bridgehead atoms. The molecule has 1 atom stereocenters. The summed E-state index contributed by atoms with van der Waals surface area (Å²) in [5.74, 6) is 0.988. The van der Waals surface area contributed by atoms with Crippen LogP contribution in [0.4, 0.5) is 0 Å². The number of aliphatic hydroxyl groups excluding tert-OH is 1. The van der Waals surface area contributed by atoms with Gasteiger partial charge >= 0.3 is 0 Å². The van der Waals surface area contributed by atoms with E-state index in [1.54, 1.807) is 6.08 Å². The van der Waals surface area contributed by atoms with Crippen molar-refractivity contribution < 1.29 is 14.7 Å². The van der Waals surface area contributed by atoms with E-state index in [4.69, 9.17) is 4.84 Å². The van der Waals surface area contributed by atoms with Crippen LogP contribution in [-0.2, 0) is 9.63 Å². The van der Waals surface area contributed by atoms with Crippen molar-refractivity contribution in [2.75, 3.05) is 13.2 Å². The van der Waals surface area contributed by atoms with Gasteiger partial charge in [0.1, 0.15) is 0 Å². The van der Waals surface area contributed by atoms with Crippen LogP contribution in [0.15, 0.2) is 12.0 Å². The fourth-order valence-electron chi connectivity index (χ4n) is 1.97. The molecular formula is C15H27N3O3. The van der Waals surface area contributed by atoms with Gasteiger partial charge in [-0.25, -0.2) is 0 Å². The molecule has 1 amide bonds. The number of aliphatic hydroxyl groups is 1. The molecule has 6 nitrogen and oxygen atoms in total. The highest BCUT2D eigenvalue weighted by Crippen LogP contribution is 2.28. The number of hydrogen-bond acceptors (Lipinski definition) is 5. The fraction of sp³-hybridized carbons (Fsp3) is 0.800. The van der Waals surface area contributed by atoms with E-state index in [1.165, 1.54) is 12.8 Å². The van der Waals surface area contributed by atoms with Crippen LogP contribution in [0.2, 0.25) is 0 Å². The summed E-state index contributed by atoms with van der Waals surface area (Å²) in [7, 11) is 0. The van der Waals surface area contributed by atoms with Crippen LogP contribution >= 0.6 is 0 Å². The molecule has 1 fully saturated rings. The monoisotopic (exact) mass is 297 g/mol. The highest BCUT2D eigenvalue weighted by molar-refractivity contribution is 5.86. The third-order valence-electron chi connectivity index (χ3n) is 4.20. The van der Waals surface area contributed by atoms with Gasteiger partial charge in [-0.2, -0.15) is 0 Å². The molecule has 1 heterocycles. The minimum absolute atomic E-state index is 0.0280. The molecule has 1 aliphatic heterocycles. The second-order valence-electron chi connectivity index (χ2n) is 7.28. The van der Waals surface area contributed by atoms with E-state index in [1.807, 2.05) is 27.7 Å². The van der Waals surface area contributed by atoms with Crippen LogP contribution < -0.4 is 16.1 Å². The summed E-state index contributed by atoms with van der Waals surface area (Å²) in [5, 5.41) is 15.4. The van der Waals surface area contributed by atoms with Gasteiger partial charge in [0.2, 0.25) is 11.8 Å². The molecule has 1 saturated carbocycles. The van der Waals surface area contributed by atoms with E-state index < -0.39 is 5.54 Å². The molecule has 6 heteroatoms. The quantitative estimate of drug-likeness (QED) is 0.554. The molecule has 21 heavy (non-hydrogen) atoms. The van der Waals surface area contributed by atoms with Crippen molar-refractivity contribution in [3.05, 3.63) is 12.0 Å². The number of carbonyl (C=O) groups excluding carboxylic acids is 1. The van der Waals surface area contributed by atoms with E-state index in [-0.39, 0.29) is 24.0 Å². The second-order valence-corrected chi connectivity index (χ2v) is 7.28. The SMILES string of the molecule is CC(C)(NCC1CC1)C(=O)NC1=CC(C(C)(C)CO)NO1. The van der Waals surface area contributed by atoms with Gasteiger partial charge in [0.25, 0.3) is 0 Å². The number of amides is 1. The molecule has 2 aliphatic rings. The maximum atomic E-state index is 12.3. The summed E-state index contributed by atoms with van der Waals surface area (Å²) < 4.78 is 0. The summed E-state index contributed by atoms with van der Waals surface area (Å²) >= 11 is 0. The van der Waals surface area contributed by atoms with Crippen LogP contribution in [-0.4, -0.2) is 35.7 Å². The highest BCUT2D eigenvalue weighted by atomic mass is 16.7. The Morgan fingerprint density at radius 1 is 1.43 bits per heavy atom. The van der Waals surface area contributed by atoms with E-state index in [9.17, 15) is 9.90 Å². The maximum Gasteiger partial charge on any atom is 0.246 e. The van der Waals surface area contributed by atoms with E-state index >= 15 is 0 Å². The Morgan fingerprint density at radius 2 is 2.10 bits per heavy atom. The fourth-order valence-corrected chi connectivity index (χ4v) is 1.97. The molecule has 0 radical (unpaired) electrons. The normalized spacial score (nSPS) is 22.7. The van der Waals surface area contributed by atoms with Crippen molar-refractivity contribution in [3.63, 3.8) is 0 Å². The Hall–Kier alpha value is -1.11. The molecule has 0 spiro atoms. The summed E-state index contributed by atoms with van der Waals surface area (Å²) in [5.41, 5.74) is 1.83. The Balaban J connectivity index is 1.88. The second kappa shape index (κ2) is 5.94. The number of carbonyl (C=O) groups is 1. The first-order chi connectivity index (χ1) is 9.74. The van der Waals surface area contributed by atoms with Gasteiger partial charge in [0.15, 0.2) is 0 Å². The van der Waals surface area contributed by atoms with Gasteiger partial charge in [0, 0.05) is 5.41 Å². The standard InChI is InChI=1S/C15H27N3O3/c1-14(2,9-19)11-7-12(21-18-11)17-13(20)15(3,4)16-8-10-5-6-10/h7,10-11,16,18-19H,5-6,8-9H2,1-4H3,(H,17,20). The molecule has 4 N–H and O–H groups in total. The van der Waals surface area contributed by atoms with Crippen molar-refractivity contribution in [1.82, 2.24) is 16.1 Å². The smallest absolute Gasteiger partial charge is 0.246 e. The summed E-state index contributed by atoms with van der Waals surface area (Å²) in [4.78, 5) is 17.6. The number of hydroxylamine groups is 1. The van der Waals surface area contributed by atoms with Gasteiger partial charge in [-0.3, -0.25) is 10.1 Å². The summed E-state index contributed by atoms with van der Waals surface area (Å²) in [6.45, 7) is 8.48. The van der Waals surface area contributed by atoms with Crippen LogP contribution in [0.3, 0.4) is 0 Å². The largest absolute Gasteiger partial charge is 0.396 e. The lowest BCUT2D eigenvalue weighted by molar-refractivity contribution is -0.126. The first-order valence-corrected chi connectivity index (χ1v) is 7.56. The van der Waals surface area contributed by atoms with Crippen LogP contribution in [0.25, 0.3) is 0 Å². The van der Waals surface area contributed by atoms with Gasteiger partial charge in [0.05, 0.1) is 18.2 Å². The average Bonchev–Trinajstić information content (AvgIpc) is 3.14. The Labute approximate surface area is 126 Å². The molecule has 2 rings (SSSR count). The van der Waals surface area contributed by atoms with Crippen molar-refractivity contribution in [1.29, 1.82) is 0 Å². The Morgan fingerprint density at radius 3 is 2.67 bits per heavy atom. The number of nitrogens with one attached hydrogen (secondary N) is 3. The predicted octanol–water partition coefficient (Wildman–Crippen LogP) is 0.644. The summed E-state index contributed by atoms with van der Waals surface area (Å²) in [6.07, 6.45) is 4.30. The zero-order valence-electron chi connectivity index (χ0n) is 13.3. The summed E-state index contributed by atoms with van der Waals surface area (Å²) in [6, 6.07) is -0.139. The van der Waals surface area contributed by atoms with E-state index in [2.05, 4.69) is 16.1 Å².